The van der Waals surface area contributed by atoms with E-state index in [9.17, 15) is 0 Å². The summed E-state index contributed by atoms with van der Waals surface area (Å²) in [5, 5.41) is 0. The highest BCUT2D eigenvalue weighted by molar-refractivity contribution is 9.09. The fourth-order valence-electron chi connectivity index (χ4n) is 1.98. The number of hydrogen-bond donors (Lipinski definition) is 0. The molecule has 0 bridgehead atoms. The zero-order chi connectivity index (χ0) is 12.4. The number of benzene rings is 1. The second kappa shape index (κ2) is 5.17. The molecule has 17 heavy (non-hydrogen) atoms. The van der Waals surface area contributed by atoms with Crippen molar-refractivity contribution in [2.75, 3.05) is 21.3 Å². The summed E-state index contributed by atoms with van der Waals surface area (Å²) in [5.41, 5.74) is 1.13. The van der Waals surface area contributed by atoms with E-state index in [1.807, 2.05) is 12.1 Å². The molecule has 0 amide bonds. The minimum absolute atomic E-state index is 0.331. The van der Waals surface area contributed by atoms with Crippen molar-refractivity contribution in [2.24, 2.45) is 5.92 Å². The normalized spacial score (nSPS) is 16.5. The Balaban J connectivity index is 2.44. The molecule has 2 rings (SSSR count). The second-order valence-corrected chi connectivity index (χ2v) is 5.15. The summed E-state index contributed by atoms with van der Waals surface area (Å²) in [5.74, 6) is 2.84. The van der Waals surface area contributed by atoms with Gasteiger partial charge in [0.15, 0.2) is 11.5 Å². The van der Waals surface area contributed by atoms with Gasteiger partial charge in [0, 0.05) is 10.4 Å². The smallest absolute Gasteiger partial charge is 0.203 e. The molecule has 3 nitrogen and oxygen atoms in total. The molecule has 1 unspecified atom stereocenters. The first-order chi connectivity index (χ1) is 8.22. The molecule has 1 aliphatic carbocycles. The van der Waals surface area contributed by atoms with Gasteiger partial charge in [0.2, 0.25) is 5.75 Å². The van der Waals surface area contributed by atoms with Gasteiger partial charge in [-0.15, -0.1) is 0 Å². The van der Waals surface area contributed by atoms with Gasteiger partial charge in [0.05, 0.1) is 21.3 Å². The molecule has 0 radical (unpaired) electrons. The Hall–Kier alpha value is -0.900. The fraction of sp³-hybridized carbons (Fsp3) is 0.538. The minimum Gasteiger partial charge on any atom is -0.493 e. The molecular weight excluding hydrogens is 284 g/mol. The van der Waals surface area contributed by atoms with E-state index in [0.717, 1.165) is 11.3 Å². The van der Waals surface area contributed by atoms with Crippen LogP contribution in [0.5, 0.6) is 17.2 Å². The maximum atomic E-state index is 5.47. The van der Waals surface area contributed by atoms with Gasteiger partial charge in [-0.1, -0.05) is 22.0 Å². The molecule has 1 aliphatic rings. The topological polar surface area (TPSA) is 27.7 Å². The Kier molecular flexibility index (Phi) is 3.82. The van der Waals surface area contributed by atoms with Crippen molar-refractivity contribution >= 4 is 15.9 Å². The third-order valence-electron chi connectivity index (χ3n) is 3.07. The number of methoxy groups -OCH3 is 3. The molecule has 0 aromatic heterocycles. The van der Waals surface area contributed by atoms with E-state index >= 15 is 0 Å². The lowest BCUT2D eigenvalue weighted by atomic mass is 10.1. The van der Waals surface area contributed by atoms with Crippen LogP contribution in [0.4, 0.5) is 0 Å². The molecule has 94 valence electrons. The summed E-state index contributed by atoms with van der Waals surface area (Å²) in [6.07, 6.45) is 2.54. The number of halogens is 1. The Bertz CT molecular complexity index is 402. The van der Waals surface area contributed by atoms with Crippen LogP contribution in [-0.2, 0) is 0 Å². The highest BCUT2D eigenvalue weighted by Gasteiger charge is 2.33. The lowest BCUT2D eigenvalue weighted by Gasteiger charge is -2.18. The van der Waals surface area contributed by atoms with Crippen LogP contribution in [0, 0.1) is 5.92 Å². The predicted molar refractivity (Wildman–Crippen MR) is 70.5 cm³/mol. The van der Waals surface area contributed by atoms with Crippen molar-refractivity contribution < 1.29 is 14.2 Å². The Labute approximate surface area is 110 Å². The van der Waals surface area contributed by atoms with Gasteiger partial charge in [0.25, 0.3) is 0 Å². The van der Waals surface area contributed by atoms with Gasteiger partial charge in [-0.3, -0.25) is 0 Å². The van der Waals surface area contributed by atoms with Crippen LogP contribution in [-0.4, -0.2) is 21.3 Å². The summed E-state index contributed by atoms with van der Waals surface area (Å²) in [7, 11) is 4.92. The number of ether oxygens (including phenoxy) is 3. The maximum absolute atomic E-state index is 5.47. The van der Waals surface area contributed by atoms with Gasteiger partial charge >= 0.3 is 0 Å². The quantitative estimate of drug-likeness (QED) is 0.778. The van der Waals surface area contributed by atoms with Crippen molar-refractivity contribution in [3.8, 4) is 17.2 Å². The Morgan fingerprint density at radius 1 is 1.06 bits per heavy atom. The van der Waals surface area contributed by atoms with E-state index in [1.54, 1.807) is 21.3 Å². The van der Waals surface area contributed by atoms with E-state index in [1.165, 1.54) is 12.8 Å². The summed E-state index contributed by atoms with van der Waals surface area (Å²) in [6, 6.07) is 3.96. The summed E-state index contributed by atoms with van der Waals surface area (Å²) in [6.45, 7) is 0. The number of alkyl halides is 1. The monoisotopic (exact) mass is 300 g/mol. The Morgan fingerprint density at radius 3 is 2.18 bits per heavy atom. The SMILES string of the molecule is COc1ccc(C(Br)C2CC2)c(OC)c1OC. The van der Waals surface area contributed by atoms with Gasteiger partial charge in [-0.05, 0) is 24.8 Å². The van der Waals surface area contributed by atoms with Gasteiger partial charge < -0.3 is 14.2 Å². The van der Waals surface area contributed by atoms with Gasteiger partial charge in [0.1, 0.15) is 0 Å². The molecule has 4 heteroatoms. The molecule has 0 aliphatic heterocycles. The van der Waals surface area contributed by atoms with Crippen molar-refractivity contribution in [1.29, 1.82) is 0 Å². The highest BCUT2D eigenvalue weighted by Crippen LogP contribution is 2.52. The standard InChI is InChI=1S/C13H17BrO3/c1-15-10-7-6-9(11(14)8-4-5-8)12(16-2)13(10)17-3/h6-8,11H,4-5H2,1-3H3. The average Bonchev–Trinajstić information content (AvgIpc) is 3.20. The van der Waals surface area contributed by atoms with Crippen LogP contribution in [0.15, 0.2) is 12.1 Å². The van der Waals surface area contributed by atoms with Crippen LogP contribution in [0.2, 0.25) is 0 Å². The van der Waals surface area contributed by atoms with Crippen molar-refractivity contribution in [3.05, 3.63) is 17.7 Å². The molecule has 0 N–H and O–H groups in total. The largest absolute Gasteiger partial charge is 0.493 e. The molecule has 1 fully saturated rings. The van der Waals surface area contributed by atoms with Crippen molar-refractivity contribution in [3.63, 3.8) is 0 Å². The summed E-state index contributed by atoms with van der Waals surface area (Å²) < 4.78 is 16.1. The molecule has 0 saturated heterocycles. The maximum Gasteiger partial charge on any atom is 0.203 e. The third-order valence-corrected chi connectivity index (χ3v) is 4.31. The third kappa shape index (κ3) is 2.37. The van der Waals surface area contributed by atoms with Crippen LogP contribution in [0.25, 0.3) is 0 Å². The number of rotatable bonds is 5. The van der Waals surface area contributed by atoms with Gasteiger partial charge in [-0.2, -0.15) is 0 Å². The first-order valence-electron chi connectivity index (χ1n) is 5.65. The van der Waals surface area contributed by atoms with E-state index in [2.05, 4.69) is 15.9 Å². The molecule has 1 aromatic rings. The van der Waals surface area contributed by atoms with Crippen LogP contribution in [0.3, 0.4) is 0 Å². The molecule has 1 aromatic carbocycles. The van der Waals surface area contributed by atoms with E-state index in [-0.39, 0.29) is 0 Å². The Morgan fingerprint density at radius 2 is 1.71 bits per heavy atom. The first kappa shape index (κ1) is 12.6. The average molecular weight is 301 g/mol. The van der Waals surface area contributed by atoms with Crippen molar-refractivity contribution in [2.45, 2.75) is 17.7 Å². The first-order valence-corrected chi connectivity index (χ1v) is 6.57. The van der Waals surface area contributed by atoms with Crippen LogP contribution >= 0.6 is 15.9 Å². The van der Waals surface area contributed by atoms with E-state index in [4.69, 9.17) is 14.2 Å². The summed E-state index contributed by atoms with van der Waals surface area (Å²) in [4.78, 5) is 0.331. The van der Waals surface area contributed by atoms with E-state index in [0.29, 0.717) is 22.2 Å². The van der Waals surface area contributed by atoms with Gasteiger partial charge in [-0.25, -0.2) is 0 Å². The molecule has 0 heterocycles. The predicted octanol–water partition coefficient (Wildman–Crippen LogP) is 3.56. The second-order valence-electron chi connectivity index (χ2n) is 4.16. The minimum atomic E-state index is 0.331. The van der Waals surface area contributed by atoms with E-state index < -0.39 is 0 Å². The highest BCUT2D eigenvalue weighted by atomic mass is 79.9. The fourth-order valence-corrected chi connectivity index (χ4v) is 2.87. The lowest BCUT2D eigenvalue weighted by molar-refractivity contribution is 0.322. The van der Waals surface area contributed by atoms with Crippen molar-refractivity contribution in [1.82, 2.24) is 0 Å². The molecule has 1 atom stereocenters. The molecular formula is C13H17BrO3. The van der Waals surface area contributed by atoms with Crippen LogP contribution < -0.4 is 14.2 Å². The molecule has 0 spiro atoms. The zero-order valence-electron chi connectivity index (χ0n) is 10.3. The number of hydrogen-bond acceptors (Lipinski definition) is 3. The lowest BCUT2D eigenvalue weighted by Crippen LogP contribution is -2.01. The van der Waals surface area contributed by atoms with Crippen LogP contribution in [0.1, 0.15) is 23.2 Å². The zero-order valence-corrected chi connectivity index (χ0v) is 11.9. The summed E-state index contributed by atoms with van der Waals surface area (Å²) >= 11 is 3.74. The molecule has 1 saturated carbocycles.